The lowest BCUT2D eigenvalue weighted by atomic mass is 9.48. The number of benzene rings is 2. The predicted molar refractivity (Wildman–Crippen MR) is 123 cm³/mol. The van der Waals surface area contributed by atoms with Gasteiger partial charge >= 0.3 is 0 Å². The number of hydrogen-bond donors (Lipinski definition) is 1. The number of sulfonamides is 1. The summed E-state index contributed by atoms with van der Waals surface area (Å²) in [6, 6.07) is 12.2. The molecule has 0 aromatic heterocycles. The molecule has 4 aliphatic carbocycles. The number of rotatable bonds is 5. The van der Waals surface area contributed by atoms with Crippen LogP contribution in [0.25, 0.3) is 0 Å². The van der Waals surface area contributed by atoms with Crippen molar-refractivity contribution in [3.8, 4) is 0 Å². The molecule has 0 saturated heterocycles. The van der Waals surface area contributed by atoms with Gasteiger partial charge in [0.2, 0.25) is 10.0 Å². The first kappa shape index (κ1) is 21.1. The van der Waals surface area contributed by atoms with Crippen LogP contribution in [0.15, 0.2) is 47.4 Å². The van der Waals surface area contributed by atoms with Crippen LogP contribution in [-0.2, 0) is 21.9 Å². The van der Waals surface area contributed by atoms with Gasteiger partial charge in [0.1, 0.15) is 0 Å². The minimum Gasteiger partial charge on any atom is -0.274 e. The van der Waals surface area contributed by atoms with Crippen LogP contribution in [0.2, 0.25) is 0 Å². The van der Waals surface area contributed by atoms with E-state index in [-0.39, 0.29) is 28.7 Å². The Balaban J connectivity index is 1.21. The zero-order valence-electron chi connectivity index (χ0n) is 18.5. The lowest BCUT2D eigenvalue weighted by Gasteiger charge is -2.57. The van der Waals surface area contributed by atoms with Gasteiger partial charge in [-0.05, 0) is 104 Å². The summed E-state index contributed by atoms with van der Waals surface area (Å²) in [5.41, 5.74) is 3.32. The molecule has 7 rings (SSSR count). The minimum absolute atomic E-state index is 0.0455. The smallest absolute Gasteiger partial charge is 0.261 e. The standard InChI is InChI=1S/C26H28N2O4S/c27-33(31,32)21-4-1-16(2-5-21)7-8-28-24(29)22-6-3-20(12-23(22)25(28)30)26-13-17-9-18(14-26)11-19(10-17)15-26/h1-6,12,17-19H,7-11,13-15H2,(H2,27,31,32). The second-order valence-electron chi connectivity index (χ2n) is 10.7. The van der Waals surface area contributed by atoms with Gasteiger partial charge in [-0.25, -0.2) is 13.6 Å². The zero-order valence-corrected chi connectivity index (χ0v) is 19.3. The first-order valence-corrected chi connectivity index (χ1v) is 13.4. The van der Waals surface area contributed by atoms with Crippen molar-refractivity contribution in [1.82, 2.24) is 4.90 Å². The summed E-state index contributed by atoms with van der Waals surface area (Å²) >= 11 is 0. The van der Waals surface area contributed by atoms with Crippen molar-refractivity contribution >= 4 is 21.8 Å². The zero-order chi connectivity index (χ0) is 23.0. The van der Waals surface area contributed by atoms with Crippen molar-refractivity contribution in [3.05, 3.63) is 64.7 Å². The molecule has 1 heterocycles. The van der Waals surface area contributed by atoms with Crippen LogP contribution >= 0.6 is 0 Å². The quantitative estimate of drug-likeness (QED) is 0.683. The van der Waals surface area contributed by atoms with Gasteiger partial charge in [-0.2, -0.15) is 0 Å². The minimum atomic E-state index is -3.74. The van der Waals surface area contributed by atoms with Crippen molar-refractivity contribution < 1.29 is 18.0 Å². The van der Waals surface area contributed by atoms with Crippen LogP contribution in [0.4, 0.5) is 0 Å². The summed E-state index contributed by atoms with van der Waals surface area (Å²) in [5, 5.41) is 5.15. The largest absolute Gasteiger partial charge is 0.274 e. The van der Waals surface area contributed by atoms with Crippen LogP contribution in [0.5, 0.6) is 0 Å². The third kappa shape index (κ3) is 3.44. The van der Waals surface area contributed by atoms with Crippen molar-refractivity contribution in [2.75, 3.05) is 6.54 Å². The average molecular weight is 465 g/mol. The molecule has 0 radical (unpaired) electrons. The van der Waals surface area contributed by atoms with Gasteiger partial charge in [-0.1, -0.05) is 18.2 Å². The molecule has 0 spiro atoms. The molecule has 7 heteroatoms. The van der Waals surface area contributed by atoms with Gasteiger partial charge in [0.25, 0.3) is 11.8 Å². The molecule has 5 aliphatic rings. The molecule has 33 heavy (non-hydrogen) atoms. The van der Waals surface area contributed by atoms with Crippen molar-refractivity contribution in [1.29, 1.82) is 0 Å². The molecule has 2 amide bonds. The summed E-state index contributed by atoms with van der Waals surface area (Å²) < 4.78 is 22.9. The fraction of sp³-hybridized carbons (Fsp3) is 0.462. The Hall–Kier alpha value is -2.51. The lowest BCUT2D eigenvalue weighted by molar-refractivity contribution is -0.00520. The molecule has 6 nitrogen and oxygen atoms in total. The van der Waals surface area contributed by atoms with Crippen LogP contribution in [0, 0.1) is 17.8 Å². The highest BCUT2D eigenvalue weighted by Gasteiger charge is 2.52. The van der Waals surface area contributed by atoms with Crippen molar-refractivity contribution in [2.45, 2.75) is 55.3 Å². The van der Waals surface area contributed by atoms with Gasteiger partial charge < -0.3 is 0 Å². The molecular formula is C26H28N2O4S. The third-order valence-electron chi connectivity index (χ3n) is 8.50. The molecule has 172 valence electrons. The lowest BCUT2D eigenvalue weighted by Crippen LogP contribution is -2.48. The van der Waals surface area contributed by atoms with E-state index in [1.54, 1.807) is 12.1 Å². The number of nitrogens with zero attached hydrogens (tertiary/aromatic N) is 1. The normalized spacial score (nSPS) is 30.2. The van der Waals surface area contributed by atoms with E-state index >= 15 is 0 Å². The first-order chi connectivity index (χ1) is 15.7. The highest BCUT2D eigenvalue weighted by Crippen LogP contribution is 2.60. The van der Waals surface area contributed by atoms with Crippen LogP contribution in [-0.4, -0.2) is 31.7 Å². The van der Waals surface area contributed by atoms with Gasteiger partial charge in [0.05, 0.1) is 16.0 Å². The molecule has 4 fully saturated rings. The topological polar surface area (TPSA) is 97.5 Å². The van der Waals surface area contributed by atoms with Gasteiger partial charge in [-0.3, -0.25) is 14.5 Å². The van der Waals surface area contributed by atoms with Crippen molar-refractivity contribution in [2.24, 2.45) is 22.9 Å². The van der Waals surface area contributed by atoms with Gasteiger partial charge in [0, 0.05) is 6.54 Å². The summed E-state index contributed by atoms with van der Waals surface area (Å²) in [6.07, 6.45) is 8.22. The Morgan fingerprint density at radius 1 is 0.848 bits per heavy atom. The molecule has 0 atom stereocenters. The van der Waals surface area contributed by atoms with E-state index in [1.165, 1.54) is 61.1 Å². The Morgan fingerprint density at radius 2 is 1.42 bits per heavy atom. The number of fused-ring (bicyclic) bond motifs is 1. The van der Waals surface area contributed by atoms with E-state index in [1.807, 2.05) is 12.1 Å². The number of primary sulfonamides is 1. The third-order valence-corrected chi connectivity index (χ3v) is 9.43. The monoisotopic (exact) mass is 464 g/mol. The van der Waals surface area contributed by atoms with E-state index < -0.39 is 10.0 Å². The average Bonchev–Trinajstić information content (AvgIpc) is 3.00. The highest BCUT2D eigenvalue weighted by atomic mass is 32.2. The predicted octanol–water partition coefficient (Wildman–Crippen LogP) is 3.64. The Labute approximate surface area is 194 Å². The van der Waals surface area contributed by atoms with E-state index in [9.17, 15) is 18.0 Å². The number of carbonyl (C=O) groups excluding carboxylic acids is 2. The molecule has 2 aromatic rings. The van der Waals surface area contributed by atoms with Gasteiger partial charge in [-0.15, -0.1) is 0 Å². The summed E-state index contributed by atoms with van der Waals surface area (Å²) in [4.78, 5) is 27.6. The van der Waals surface area contributed by atoms with Crippen LogP contribution in [0.1, 0.15) is 70.4 Å². The summed E-state index contributed by atoms with van der Waals surface area (Å²) in [6.45, 7) is 0.258. The van der Waals surface area contributed by atoms with Gasteiger partial charge in [0.15, 0.2) is 0 Å². The number of carbonyl (C=O) groups is 2. The number of hydrogen-bond acceptors (Lipinski definition) is 4. The molecule has 2 N–H and O–H groups in total. The van der Waals surface area contributed by atoms with E-state index in [4.69, 9.17) is 5.14 Å². The number of amides is 2. The van der Waals surface area contributed by atoms with Crippen molar-refractivity contribution in [3.63, 3.8) is 0 Å². The molecule has 1 aliphatic heterocycles. The second-order valence-corrected chi connectivity index (χ2v) is 12.2. The fourth-order valence-corrected chi connectivity index (χ4v) is 7.89. The molecule has 2 aromatic carbocycles. The Bertz CT molecular complexity index is 1230. The highest BCUT2D eigenvalue weighted by molar-refractivity contribution is 7.89. The summed E-state index contributed by atoms with van der Waals surface area (Å²) in [7, 11) is -3.74. The SMILES string of the molecule is NS(=O)(=O)c1ccc(CCN2C(=O)c3ccc(C45CC6CC(CC(C6)C4)C5)cc3C2=O)cc1. The van der Waals surface area contributed by atoms with Crippen LogP contribution < -0.4 is 5.14 Å². The first-order valence-electron chi connectivity index (χ1n) is 11.8. The Kier molecular flexibility index (Phi) is 4.62. The maximum absolute atomic E-state index is 13.2. The van der Waals surface area contributed by atoms with E-state index in [2.05, 4.69) is 6.07 Å². The molecule has 4 saturated carbocycles. The number of nitrogens with two attached hydrogens (primary N) is 1. The van der Waals surface area contributed by atoms with E-state index in [0.29, 0.717) is 17.5 Å². The van der Waals surface area contributed by atoms with Crippen LogP contribution in [0.3, 0.4) is 0 Å². The van der Waals surface area contributed by atoms with E-state index in [0.717, 1.165) is 23.3 Å². The molecule has 4 bridgehead atoms. The molecular weight excluding hydrogens is 436 g/mol. The maximum Gasteiger partial charge on any atom is 0.261 e. The summed E-state index contributed by atoms with van der Waals surface area (Å²) in [5.74, 6) is 1.99. The number of imide groups is 1. The second kappa shape index (κ2) is 7.24. The maximum atomic E-state index is 13.2. The Morgan fingerprint density at radius 3 is 2.00 bits per heavy atom. The molecule has 0 unspecified atom stereocenters. The fourth-order valence-electron chi connectivity index (χ4n) is 7.37.